The summed E-state index contributed by atoms with van der Waals surface area (Å²) < 4.78 is 13.6. The minimum Gasteiger partial charge on any atom is -0.309 e. The summed E-state index contributed by atoms with van der Waals surface area (Å²) in [6, 6.07) is 5.63. The van der Waals surface area contributed by atoms with Crippen molar-refractivity contribution in [3.63, 3.8) is 0 Å². The van der Waals surface area contributed by atoms with Crippen molar-refractivity contribution >= 4 is 11.6 Å². The van der Waals surface area contributed by atoms with Gasteiger partial charge in [-0.25, -0.2) is 4.39 Å². The summed E-state index contributed by atoms with van der Waals surface area (Å²) in [5.41, 5.74) is 1.14. The third-order valence-electron chi connectivity index (χ3n) is 4.45. The Morgan fingerprint density at radius 1 is 1.45 bits per heavy atom. The molecule has 0 aromatic heterocycles. The molecule has 0 aliphatic carbocycles. The predicted molar refractivity (Wildman–Crippen MR) is 82.6 cm³/mol. The molecule has 0 bridgehead atoms. The van der Waals surface area contributed by atoms with Gasteiger partial charge in [0.1, 0.15) is 5.82 Å². The molecule has 1 aliphatic heterocycles. The van der Waals surface area contributed by atoms with E-state index in [1.165, 1.54) is 0 Å². The van der Waals surface area contributed by atoms with E-state index in [9.17, 15) is 4.39 Å². The lowest BCUT2D eigenvalue weighted by Crippen LogP contribution is -2.62. The lowest BCUT2D eigenvalue weighted by molar-refractivity contribution is 0.0754. The first-order valence-electron chi connectivity index (χ1n) is 7.40. The Balaban J connectivity index is 2.13. The molecule has 1 saturated heterocycles. The van der Waals surface area contributed by atoms with Crippen LogP contribution in [0.1, 0.15) is 39.2 Å². The van der Waals surface area contributed by atoms with Crippen molar-refractivity contribution in [1.82, 2.24) is 10.2 Å². The maximum atomic E-state index is 13.6. The summed E-state index contributed by atoms with van der Waals surface area (Å²) in [6.45, 7) is 9.44. The van der Waals surface area contributed by atoms with Gasteiger partial charge in [-0.15, -0.1) is 0 Å². The summed E-state index contributed by atoms with van der Waals surface area (Å²) in [7, 11) is 0. The van der Waals surface area contributed by atoms with Crippen molar-refractivity contribution in [2.24, 2.45) is 0 Å². The van der Waals surface area contributed by atoms with Crippen molar-refractivity contribution in [1.29, 1.82) is 0 Å². The summed E-state index contributed by atoms with van der Waals surface area (Å²) in [6.07, 6.45) is 2.19. The van der Waals surface area contributed by atoms with Crippen LogP contribution in [-0.2, 0) is 6.54 Å². The van der Waals surface area contributed by atoms with Gasteiger partial charge in [0.15, 0.2) is 0 Å². The lowest BCUT2D eigenvalue weighted by Gasteiger charge is -2.46. The minimum atomic E-state index is -0.328. The second-order valence-corrected chi connectivity index (χ2v) is 6.42. The molecule has 0 radical (unpaired) electrons. The molecule has 2 rings (SSSR count). The number of hydrogen-bond acceptors (Lipinski definition) is 2. The van der Waals surface area contributed by atoms with Gasteiger partial charge in [-0.05, 0) is 37.5 Å². The molecular formula is C16H24ClFN2. The zero-order valence-electron chi connectivity index (χ0n) is 12.5. The second kappa shape index (κ2) is 6.42. The molecule has 1 aliphatic rings. The molecular weight excluding hydrogens is 275 g/mol. The Bertz CT molecular complexity index is 466. The van der Waals surface area contributed by atoms with Crippen LogP contribution >= 0.6 is 11.6 Å². The Labute approximate surface area is 126 Å². The number of halogens is 2. The third-order valence-corrected chi connectivity index (χ3v) is 4.76. The number of hydrogen-bond donors (Lipinski definition) is 1. The van der Waals surface area contributed by atoms with Crippen molar-refractivity contribution in [2.45, 2.75) is 51.7 Å². The standard InChI is InChI=1S/C16H24ClFN2/c1-4-13-9-19-16(3,5-2)11-20(13)10-12-6-7-14(17)15(18)8-12/h6-8,13,19H,4-5,9-11H2,1-3H3. The van der Waals surface area contributed by atoms with Crippen LogP contribution in [0.5, 0.6) is 0 Å². The van der Waals surface area contributed by atoms with Crippen LogP contribution in [-0.4, -0.2) is 29.6 Å². The van der Waals surface area contributed by atoms with Crippen molar-refractivity contribution in [3.8, 4) is 0 Å². The Kier molecular flexibility index (Phi) is 5.05. The van der Waals surface area contributed by atoms with Gasteiger partial charge >= 0.3 is 0 Å². The van der Waals surface area contributed by atoms with E-state index in [2.05, 4.69) is 31.0 Å². The van der Waals surface area contributed by atoms with E-state index in [-0.39, 0.29) is 16.4 Å². The molecule has 4 heteroatoms. The average molecular weight is 299 g/mol. The molecule has 0 spiro atoms. The van der Waals surface area contributed by atoms with E-state index < -0.39 is 0 Å². The normalized spacial score (nSPS) is 27.8. The van der Waals surface area contributed by atoms with E-state index >= 15 is 0 Å². The summed E-state index contributed by atoms with van der Waals surface area (Å²) in [5, 5.41) is 3.84. The lowest BCUT2D eigenvalue weighted by atomic mass is 9.92. The zero-order chi connectivity index (χ0) is 14.8. The van der Waals surface area contributed by atoms with Gasteiger partial charge in [0.2, 0.25) is 0 Å². The summed E-state index contributed by atoms with van der Waals surface area (Å²) in [4.78, 5) is 2.46. The molecule has 1 heterocycles. The first-order chi connectivity index (χ1) is 9.47. The average Bonchev–Trinajstić information content (AvgIpc) is 2.43. The van der Waals surface area contributed by atoms with E-state index in [1.54, 1.807) is 12.1 Å². The Morgan fingerprint density at radius 3 is 2.80 bits per heavy atom. The van der Waals surface area contributed by atoms with Gasteiger partial charge in [0.05, 0.1) is 5.02 Å². The third kappa shape index (κ3) is 3.51. The first-order valence-corrected chi connectivity index (χ1v) is 7.78. The van der Waals surface area contributed by atoms with Crippen LogP contribution in [0, 0.1) is 5.82 Å². The van der Waals surface area contributed by atoms with Crippen molar-refractivity contribution in [2.75, 3.05) is 13.1 Å². The van der Waals surface area contributed by atoms with E-state index in [0.29, 0.717) is 6.04 Å². The predicted octanol–water partition coefficient (Wildman–Crippen LogP) is 3.83. The fourth-order valence-electron chi connectivity index (χ4n) is 2.82. The largest absolute Gasteiger partial charge is 0.309 e. The fraction of sp³-hybridized carbons (Fsp3) is 0.625. The van der Waals surface area contributed by atoms with Crippen LogP contribution in [0.3, 0.4) is 0 Å². The maximum Gasteiger partial charge on any atom is 0.142 e. The van der Waals surface area contributed by atoms with Gasteiger partial charge in [0, 0.05) is 31.2 Å². The second-order valence-electron chi connectivity index (χ2n) is 6.01. The number of nitrogens with one attached hydrogen (secondary N) is 1. The minimum absolute atomic E-state index is 0.149. The van der Waals surface area contributed by atoms with Crippen LogP contribution in [0.25, 0.3) is 0 Å². The monoisotopic (exact) mass is 298 g/mol. The van der Waals surface area contributed by atoms with E-state index in [1.807, 2.05) is 6.07 Å². The van der Waals surface area contributed by atoms with E-state index in [4.69, 9.17) is 11.6 Å². The van der Waals surface area contributed by atoms with Crippen LogP contribution in [0.2, 0.25) is 5.02 Å². The topological polar surface area (TPSA) is 15.3 Å². The summed E-state index contributed by atoms with van der Waals surface area (Å²) >= 11 is 5.75. The fourth-order valence-corrected chi connectivity index (χ4v) is 2.94. The smallest absolute Gasteiger partial charge is 0.142 e. The molecule has 1 aromatic carbocycles. The molecule has 2 nitrogen and oxygen atoms in total. The highest BCUT2D eigenvalue weighted by Crippen LogP contribution is 2.23. The van der Waals surface area contributed by atoms with Gasteiger partial charge in [-0.2, -0.15) is 0 Å². The molecule has 1 fully saturated rings. The molecule has 2 atom stereocenters. The van der Waals surface area contributed by atoms with Crippen LogP contribution < -0.4 is 5.32 Å². The highest BCUT2D eigenvalue weighted by atomic mass is 35.5. The molecule has 1 aromatic rings. The van der Waals surface area contributed by atoms with Gasteiger partial charge in [-0.3, -0.25) is 4.90 Å². The number of rotatable bonds is 4. The SMILES string of the molecule is CCC1CNC(C)(CC)CN1Cc1ccc(Cl)c(F)c1. The zero-order valence-corrected chi connectivity index (χ0v) is 13.3. The van der Waals surface area contributed by atoms with Gasteiger partial charge < -0.3 is 5.32 Å². The highest BCUT2D eigenvalue weighted by Gasteiger charge is 2.33. The Hall–Kier alpha value is -0.640. The highest BCUT2D eigenvalue weighted by molar-refractivity contribution is 6.30. The van der Waals surface area contributed by atoms with Crippen molar-refractivity contribution in [3.05, 3.63) is 34.6 Å². The summed E-state index contributed by atoms with van der Waals surface area (Å²) in [5.74, 6) is -0.328. The van der Waals surface area contributed by atoms with Crippen LogP contribution in [0.15, 0.2) is 18.2 Å². The van der Waals surface area contributed by atoms with Crippen LogP contribution in [0.4, 0.5) is 4.39 Å². The Morgan fingerprint density at radius 2 is 2.20 bits per heavy atom. The molecule has 0 amide bonds. The van der Waals surface area contributed by atoms with Gasteiger partial charge in [-0.1, -0.05) is 31.5 Å². The maximum absolute atomic E-state index is 13.6. The quantitative estimate of drug-likeness (QED) is 0.909. The number of benzene rings is 1. The van der Waals surface area contributed by atoms with Crippen molar-refractivity contribution < 1.29 is 4.39 Å². The molecule has 1 N–H and O–H groups in total. The number of nitrogens with zero attached hydrogens (tertiary/aromatic N) is 1. The molecule has 112 valence electrons. The molecule has 20 heavy (non-hydrogen) atoms. The molecule has 0 saturated carbocycles. The first kappa shape index (κ1) is 15.7. The molecule has 2 unspecified atom stereocenters. The van der Waals surface area contributed by atoms with E-state index in [0.717, 1.165) is 38.0 Å². The number of piperazine rings is 1. The van der Waals surface area contributed by atoms with Gasteiger partial charge in [0.25, 0.3) is 0 Å².